The van der Waals surface area contributed by atoms with Gasteiger partial charge in [0.15, 0.2) is 0 Å². The first kappa shape index (κ1) is 15.5. The molecule has 0 amide bonds. The molecule has 118 valence electrons. The molecule has 0 aromatic heterocycles. The van der Waals surface area contributed by atoms with Crippen LogP contribution in [0.5, 0.6) is 0 Å². The molecule has 0 bridgehead atoms. The molecule has 0 spiro atoms. The number of ether oxygens (including phenoxy) is 1. The molecule has 0 saturated heterocycles. The molecule has 1 aliphatic rings. The van der Waals surface area contributed by atoms with Crippen LogP contribution < -0.4 is 0 Å². The maximum atomic E-state index is 12.3. The minimum atomic E-state index is -0.751. The number of ketones is 1. The maximum Gasteiger partial charge on any atom is 0.375 e. The lowest BCUT2D eigenvalue weighted by Crippen LogP contribution is -2.29. The van der Waals surface area contributed by atoms with Crippen LogP contribution in [-0.4, -0.2) is 17.4 Å². The van der Waals surface area contributed by atoms with Crippen molar-refractivity contribution in [1.82, 2.24) is 0 Å². The summed E-state index contributed by atoms with van der Waals surface area (Å²) in [5.74, 6) is -1.31. The Balaban J connectivity index is 1.89. The van der Waals surface area contributed by atoms with Crippen molar-refractivity contribution in [1.29, 1.82) is 0 Å². The molecule has 0 atom stereocenters. The highest BCUT2D eigenvalue weighted by Gasteiger charge is 2.32. The van der Waals surface area contributed by atoms with E-state index in [9.17, 15) is 9.59 Å². The summed E-state index contributed by atoms with van der Waals surface area (Å²) >= 11 is 0. The van der Waals surface area contributed by atoms with Crippen molar-refractivity contribution in [2.24, 2.45) is 0 Å². The third-order valence-electron chi connectivity index (χ3n) is 3.98. The smallest absolute Gasteiger partial charge is 0.375 e. The second-order valence-corrected chi connectivity index (χ2v) is 6.86. The maximum absolute atomic E-state index is 12.3. The third-order valence-corrected chi connectivity index (χ3v) is 3.98. The lowest BCUT2D eigenvalue weighted by molar-refractivity contribution is -0.162. The number of Topliss-reactive ketones (excluding diaryl/α,β-unsaturated/α-hetero) is 1. The first-order valence-corrected chi connectivity index (χ1v) is 7.81. The zero-order valence-electron chi connectivity index (χ0n) is 13.6. The summed E-state index contributed by atoms with van der Waals surface area (Å²) in [5, 5.41) is 0. The van der Waals surface area contributed by atoms with E-state index < -0.39 is 17.4 Å². The fourth-order valence-corrected chi connectivity index (χ4v) is 3.08. The number of benzene rings is 2. The fraction of sp³-hybridized carbons (Fsp3) is 0.300. The van der Waals surface area contributed by atoms with Crippen molar-refractivity contribution in [2.45, 2.75) is 38.7 Å². The van der Waals surface area contributed by atoms with Crippen molar-refractivity contribution in [2.75, 3.05) is 0 Å². The van der Waals surface area contributed by atoms with Crippen molar-refractivity contribution in [3.05, 3.63) is 59.7 Å². The normalized spacial score (nSPS) is 13.3. The molecule has 3 nitrogen and oxygen atoms in total. The fourth-order valence-electron chi connectivity index (χ4n) is 3.08. The van der Waals surface area contributed by atoms with Gasteiger partial charge in [0.1, 0.15) is 5.60 Å². The summed E-state index contributed by atoms with van der Waals surface area (Å²) in [6.45, 7) is 5.29. The van der Waals surface area contributed by atoms with Crippen LogP contribution in [0, 0.1) is 0 Å². The molecule has 0 fully saturated rings. The summed E-state index contributed by atoms with van der Waals surface area (Å²) < 4.78 is 5.20. The van der Waals surface area contributed by atoms with Gasteiger partial charge in [-0.05, 0) is 43.0 Å². The lowest BCUT2D eigenvalue weighted by Gasteiger charge is -2.19. The largest absolute Gasteiger partial charge is 0.454 e. The molecule has 3 heteroatoms. The average Bonchev–Trinajstić information content (AvgIpc) is 2.81. The summed E-state index contributed by atoms with van der Waals surface area (Å²) in [4.78, 5) is 24.3. The Morgan fingerprint density at radius 2 is 1.39 bits per heavy atom. The van der Waals surface area contributed by atoms with Gasteiger partial charge in [-0.1, -0.05) is 48.5 Å². The van der Waals surface area contributed by atoms with Gasteiger partial charge in [0, 0.05) is 12.3 Å². The number of hydrogen-bond donors (Lipinski definition) is 0. The van der Waals surface area contributed by atoms with Gasteiger partial charge in [-0.25, -0.2) is 4.79 Å². The van der Waals surface area contributed by atoms with Gasteiger partial charge in [-0.2, -0.15) is 0 Å². The minimum absolute atomic E-state index is 0.0811. The van der Waals surface area contributed by atoms with Crippen LogP contribution in [0.2, 0.25) is 0 Å². The number of esters is 1. The highest BCUT2D eigenvalue weighted by molar-refractivity contribution is 6.34. The molecule has 0 N–H and O–H groups in total. The highest BCUT2D eigenvalue weighted by atomic mass is 16.6. The Labute approximate surface area is 136 Å². The molecule has 0 heterocycles. The van der Waals surface area contributed by atoms with E-state index in [-0.39, 0.29) is 12.3 Å². The van der Waals surface area contributed by atoms with Crippen molar-refractivity contribution in [3.8, 4) is 11.1 Å². The van der Waals surface area contributed by atoms with Crippen LogP contribution in [0.15, 0.2) is 48.5 Å². The Kier molecular flexibility index (Phi) is 3.80. The first-order valence-electron chi connectivity index (χ1n) is 7.81. The number of carbonyl (C=O) groups excluding carboxylic acids is 2. The minimum Gasteiger partial charge on any atom is -0.454 e. The van der Waals surface area contributed by atoms with E-state index in [1.54, 1.807) is 20.8 Å². The number of hydrogen-bond acceptors (Lipinski definition) is 3. The van der Waals surface area contributed by atoms with Crippen molar-refractivity contribution < 1.29 is 14.3 Å². The monoisotopic (exact) mass is 308 g/mol. The standard InChI is InChI=1S/C20H20O3/c1-20(2,3)23-19(22)18(21)12-17-15-10-6-4-8-13(15)14-9-5-7-11-16(14)17/h4-11,17H,12H2,1-3H3. The van der Waals surface area contributed by atoms with E-state index in [1.807, 2.05) is 36.4 Å². The molecule has 23 heavy (non-hydrogen) atoms. The van der Waals surface area contributed by atoms with E-state index >= 15 is 0 Å². The van der Waals surface area contributed by atoms with Crippen LogP contribution in [-0.2, 0) is 14.3 Å². The predicted octanol–water partition coefficient (Wildman–Crippen LogP) is 4.10. The van der Waals surface area contributed by atoms with Crippen LogP contribution in [0.4, 0.5) is 0 Å². The van der Waals surface area contributed by atoms with E-state index in [2.05, 4.69) is 12.1 Å². The van der Waals surface area contributed by atoms with Gasteiger partial charge < -0.3 is 4.74 Å². The number of rotatable bonds is 3. The van der Waals surface area contributed by atoms with Crippen LogP contribution in [0.3, 0.4) is 0 Å². The Morgan fingerprint density at radius 1 is 0.913 bits per heavy atom. The van der Waals surface area contributed by atoms with Gasteiger partial charge in [-0.15, -0.1) is 0 Å². The SMILES string of the molecule is CC(C)(C)OC(=O)C(=O)CC1c2ccccc2-c2ccccc21. The van der Waals surface area contributed by atoms with Gasteiger partial charge >= 0.3 is 5.97 Å². The molecule has 0 unspecified atom stereocenters. The quantitative estimate of drug-likeness (QED) is 0.633. The van der Waals surface area contributed by atoms with Crippen molar-refractivity contribution in [3.63, 3.8) is 0 Å². The first-order chi connectivity index (χ1) is 10.9. The van der Waals surface area contributed by atoms with Crippen LogP contribution in [0.25, 0.3) is 11.1 Å². The zero-order valence-corrected chi connectivity index (χ0v) is 13.6. The van der Waals surface area contributed by atoms with E-state index in [1.165, 1.54) is 0 Å². The van der Waals surface area contributed by atoms with Gasteiger partial charge in [0.2, 0.25) is 5.78 Å². The summed E-state index contributed by atoms with van der Waals surface area (Å²) in [7, 11) is 0. The number of carbonyl (C=O) groups is 2. The molecule has 0 aliphatic heterocycles. The molecule has 2 aromatic rings. The number of fused-ring (bicyclic) bond motifs is 3. The summed E-state index contributed by atoms with van der Waals surface area (Å²) in [6, 6.07) is 16.1. The molecule has 1 aliphatic carbocycles. The summed E-state index contributed by atoms with van der Waals surface area (Å²) in [6.07, 6.45) is 0.142. The van der Waals surface area contributed by atoms with Gasteiger partial charge in [0.05, 0.1) is 0 Å². The third kappa shape index (κ3) is 3.04. The second-order valence-electron chi connectivity index (χ2n) is 6.86. The van der Waals surface area contributed by atoms with Gasteiger partial charge in [-0.3, -0.25) is 4.79 Å². The van der Waals surface area contributed by atoms with Crippen LogP contribution >= 0.6 is 0 Å². The molecule has 0 saturated carbocycles. The van der Waals surface area contributed by atoms with E-state index in [0.29, 0.717) is 0 Å². The van der Waals surface area contributed by atoms with E-state index in [4.69, 9.17) is 4.74 Å². The van der Waals surface area contributed by atoms with Crippen LogP contribution in [0.1, 0.15) is 44.2 Å². The zero-order chi connectivity index (χ0) is 16.6. The summed E-state index contributed by atoms with van der Waals surface area (Å²) in [5.41, 5.74) is 3.84. The topological polar surface area (TPSA) is 43.4 Å². The molecular weight excluding hydrogens is 288 g/mol. The molecular formula is C20H20O3. The molecule has 3 rings (SSSR count). The average molecular weight is 308 g/mol. The Morgan fingerprint density at radius 3 is 1.87 bits per heavy atom. The van der Waals surface area contributed by atoms with E-state index in [0.717, 1.165) is 22.3 Å². The van der Waals surface area contributed by atoms with Crippen molar-refractivity contribution >= 4 is 11.8 Å². The molecule has 2 aromatic carbocycles. The highest BCUT2D eigenvalue weighted by Crippen LogP contribution is 2.46. The Hall–Kier alpha value is -2.42. The predicted molar refractivity (Wildman–Crippen MR) is 89.2 cm³/mol. The molecule has 0 radical (unpaired) electrons. The van der Waals surface area contributed by atoms with Gasteiger partial charge in [0.25, 0.3) is 0 Å². The second kappa shape index (κ2) is 5.65. The Bertz CT molecular complexity index is 723. The lowest BCUT2D eigenvalue weighted by atomic mass is 9.92.